The van der Waals surface area contributed by atoms with Crippen molar-refractivity contribution in [1.82, 2.24) is 4.90 Å². The minimum Gasteiger partial charge on any atom is -0.366 e. The zero-order valence-electron chi connectivity index (χ0n) is 10.7. The van der Waals surface area contributed by atoms with Crippen LogP contribution in [0.4, 0.5) is 0 Å². The summed E-state index contributed by atoms with van der Waals surface area (Å²) in [4.78, 5) is 25.7. The van der Waals surface area contributed by atoms with Crippen LogP contribution in [0, 0.1) is 0 Å². The van der Waals surface area contributed by atoms with Crippen molar-refractivity contribution in [1.29, 1.82) is 0 Å². The van der Waals surface area contributed by atoms with Gasteiger partial charge in [-0.1, -0.05) is 24.4 Å². The molecule has 1 fully saturated rings. The standard InChI is InChI=1S/C14H17ClN2O2/c15-10-5-6-11(12(9-10)13(16)18)14(19)17-7-3-1-2-4-8-17/h5-6,9H,1-4,7-8H2,(H2,16,18). The summed E-state index contributed by atoms with van der Waals surface area (Å²) in [6, 6.07) is 4.64. The number of carbonyl (C=O) groups excluding carboxylic acids is 2. The van der Waals surface area contributed by atoms with Gasteiger partial charge in [0.1, 0.15) is 0 Å². The van der Waals surface area contributed by atoms with Gasteiger partial charge < -0.3 is 10.6 Å². The largest absolute Gasteiger partial charge is 0.366 e. The van der Waals surface area contributed by atoms with Crippen LogP contribution >= 0.6 is 11.6 Å². The molecule has 5 heteroatoms. The van der Waals surface area contributed by atoms with Gasteiger partial charge in [0.15, 0.2) is 0 Å². The van der Waals surface area contributed by atoms with Crippen LogP contribution in [0.15, 0.2) is 18.2 Å². The average molecular weight is 281 g/mol. The minimum absolute atomic E-state index is 0.132. The van der Waals surface area contributed by atoms with Crippen LogP contribution in [0.3, 0.4) is 0 Å². The molecule has 0 unspecified atom stereocenters. The molecule has 0 radical (unpaired) electrons. The van der Waals surface area contributed by atoms with E-state index in [4.69, 9.17) is 17.3 Å². The molecule has 2 amide bonds. The Labute approximate surface area is 117 Å². The topological polar surface area (TPSA) is 63.4 Å². The fourth-order valence-corrected chi connectivity index (χ4v) is 2.52. The van der Waals surface area contributed by atoms with Gasteiger partial charge in [-0.15, -0.1) is 0 Å². The molecule has 0 aliphatic carbocycles. The Morgan fingerprint density at radius 1 is 1.05 bits per heavy atom. The molecule has 19 heavy (non-hydrogen) atoms. The normalized spacial score (nSPS) is 15.9. The number of amides is 2. The SMILES string of the molecule is NC(=O)c1cc(Cl)ccc1C(=O)N1CCCCCC1. The van der Waals surface area contributed by atoms with E-state index < -0.39 is 5.91 Å². The molecular weight excluding hydrogens is 264 g/mol. The molecule has 0 saturated carbocycles. The Morgan fingerprint density at radius 2 is 1.68 bits per heavy atom. The highest BCUT2D eigenvalue weighted by molar-refractivity contribution is 6.31. The van der Waals surface area contributed by atoms with Gasteiger partial charge in [0.25, 0.3) is 5.91 Å². The monoisotopic (exact) mass is 280 g/mol. The van der Waals surface area contributed by atoms with Crippen LogP contribution < -0.4 is 5.73 Å². The highest BCUT2D eigenvalue weighted by Crippen LogP contribution is 2.19. The first kappa shape index (κ1) is 13.9. The van der Waals surface area contributed by atoms with Gasteiger partial charge in [-0.05, 0) is 31.0 Å². The smallest absolute Gasteiger partial charge is 0.254 e. The lowest BCUT2D eigenvalue weighted by Gasteiger charge is -2.21. The van der Waals surface area contributed by atoms with Gasteiger partial charge in [-0.2, -0.15) is 0 Å². The Kier molecular flexibility index (Phi) is 4.43. The summed E-state index contributed by atoms with van der Waals surface area (Å²) in [5.41, 5.74) is 5.86. The average Bonchev–Trinajstić information content (AvgIpc) is 2.66. The first-order valence-corrected chi connectivity index (χ1v) is 6.86. The molecule has 0 aromatic heterocycles. The summed E-state index contributed by atoms with van der Waals surface area (Å²) in [6.45, 7) is 1.47. The van der Waals surface area contributed by atoms with E-state index in [2.05, 4.69) is 0 Å². The zero-order valence-corrected chi connectivity index (χ0v) is 11.4. The third-order valence-electron chi connectivity index (χ3n) is 3.37. The number of benzene rings is 1. The molecule has 102 valence electrons. The fourth-order valence-electron chi connectivity index (χ4n) is 2.35. The van der Waals surface area contributed by atoms with E-state index in [1.165, 1.54) is 6.07 Å². The molecule has 1 aromatic carbocycles. The van der Waals surface area contributed by atoms with E-state index in [0.29, 0.717) is 10.6 Å². The zero-order chi connectivity index (χ0) is 13.8. The second-order valence-corrected chi connectivity index (χ2v) is 5.20. The Balaban J connectivity index is 2.29. The number of carbonyl (C=O) groups is 2. The van der Waals surface area contributed by atoms with E-state index in [-0.39, 0.29) is 11.5 Å². The molecule has 2 rings (SSSR count). The Morgan fingerprint density at radius 3 is 2.26 bits per heavy atom. The summed E-state index contributed by atoms with van der Waals surface area (Å²) in [5, 5.41) is 0.404. The van der Waals surface area contributed by atoms with Crippen molar-refractivity contribution in [2.45, 2.75) is 25.7 Å². The summed E-state index contributed by atoms with van der Waals surface area (Å²) in [5.74, 6) is -0.756. The van der Waals surface area contributed by atoms with Gasteiger partial charge in [0.05, 0.1) is 11.1 Å². The van der Waals surface area contributed by atoms with Gasteiger partial charge in [-0.25, -0.2) is 0 Å². The molecule has 1 aliphatic rings. The van der Waals surface area contributed by atoms with Crippen LogP contribution in [-0.2, 0) is 0 Å². The second-order valence-electron chi connectivity index (χ2n) is 4.76. The predicted molar refractivity (Wildman–Crippen MR) is 74.3 cm³/mol. The molecule has 1 aromatic rings. The maximum atomic E-state index is 12.5. The maximum Gasteiger partial charge on any atom is 0.254 e. The van der Waals surface area contributed by atoms with Crippen LogP contribution in [-0.4, -0.2) is 29.8 Å². The van der Waals surface area contributed by atoms with Crippen molar-refractivity contribution in [2.75, 3.05) is 13.1 Å². The minimum atomic E-state index is -0.624. The number of primary amides is 1. The summed E-state index contributed by atoms with van der Waals surface area (Å²) < 4.78 is 0. The van der Waals surface area contributed by atoms with Crippen molar-refractivity contribution in [2.24, 2.45) is 5.73 Å². The summed E-state index contributed by atoms with van der Waals surface area (Å²) in [6.07, 6.45) is 4.30. The summed E-state index contributed by atoms with van der Waals surface area (Å²) >= 11 is 5.84. The van der Waals surface area contributed by atoms with Crippen LogP contribution in [0.25, 0.3) is 0 Å². The highest BCUT2D eigenvalue weighted by atomic mass is 35.5. The lowest BCUT2D eigenvalue weighted by Crippen LogP contribution is -2.33. The molecule has 1 aliphatic heterocycles. The lowest BCUT2D eigenvalue weighted by atomic mass is 10.1. The molecule has 0 bridgehead atoms. The number of halogens is 1. The van der Waals surface area contributed by atoms with Gasteiger partial charge >= 0.3 is 0 Å². The first-order chi connectivity index (χ1) is 9.09. The van der Waals surface area contributed by atoms with Gasteiger partial charge in [0, 0.05) is 18.1 Å². The van der Waals surface area contributed by atoms with Crippen LogP contribution in [0.5, 0.6) is 0 Å². The molecule has 0 spiro atoms. The van der Waals surface area contributed by atoms with E-state index in [9.17, 15) is 9.59 Å². The number of nitrogens with two attached hydrogens (primary N) is 1. The number of nitrogens with zero attached hydrogens (tertiary/aromatic N) is 1. The lowest BCUT2D eigenvalue weighted by molar-refractivity contribution is 0.0756. The molecule has 2 N–H and O–H groups in total. The first-order valence-electron chi connectivity index (χ1n) is 6.48. The number of hydrogen-bond acceptors (Lipinski definition) is 2. The number of likely N-dealkylation sites (tertiary alicyclic amines) is 1. The predicted octanol–water partition coefficient (Wildman–Crippen LogP) is 2.46. The number of rotatable bonds is 2. The van der Waals surface area contributed by atoms with Crippen molar-refractivity contribution in [3.8, 4) is 0 Å². The van der Waals surface area contributed by atoms with Gasteiger partial charge in [-0.3, -0.25) is 9.59 Å². The quantitative estimate of drug-likeness (QED) is 0.904. The Hall–Kier alpha value is -1.55. The summed E-state index contributed by atoms with van der Waals surface area (Å²) in [7, 11) is 0. The van der Waals surface area contributed by atoms with Crippen molar-refractivity contribution in [3.63, 3.8) is 0 Å². The number of hydrogen-bond donors (Lipinski definition) is 1. The van der Waals surface area contributed by atoms with Crippen LogP contribution in [0.2, 0.25) is 5.02 Å². The second kappa shape index (κ2) is 6.06. The third kappa shape index (κ3) is 3.26. The van der Waals surface area contributed by atoms with Gasteiger partial charge in [0.2, 0.25) is 5.91 Å². The van der Waals surface area contributed by atoms with E-state index in [1.54, 1.807) is 17.0 Å². The molecule has 0 atom stereocenters. The van der Waals surface area contributed by atoms with E-state index in [0.717, 1.165) is 38.8 Å². The molecule has 1 heterocycles. The van der Waals surface area contributed by atoms with Crippen LogP contribution in [0.1, 0.15) is 46.4 Å². The Bertz CT molecular complexity index is 494. The molecular formula is C14H17ClN2O2. The molecule has 1 saturated heterocycles. The fraction of sp³-hybridized carbons (Fsp3) is 0.429. The highest BCUT2D eigenvalue weighted by Gasteiger charge is 2.21. The van der Waals surface area contributed by atoms with Crippen molar-refractivity contribution >= 4 is 23.4 Å². The maximum absolute atomic E-state index is 12.5. The van der Waals surface area contributed by atoms with E-state index in [1.807, 2.05) is 0 Å². The molecule has 4 nitrogen and oxygen atoms in total. The third-order valence-corrected chi connectivity index (χ3v) is 3.61. The van der Waals surface area contributed by atoms with Crippen molar-refractivity contribution in [3.05, 3.63) is 34.3 Å². The van der Waals surface area contributed by atoms with E-state index >= 15 is 0 Å². The van der Waals surface area contributed by atoms with Crippen molar-refractivity contribution < 1.29 is 9.59 Å².